The van der Waals surface area contributed by atoms with E-state index in [1.807, 2.05) is 0 Å². The molecule has 11 heteroatoms. The first-order chi connectivity index (χ1) is 8.38. The summed E-state index contributed by atoms with van der Waals surface area (Å²) >= 11 is 0.820. The maximum absolute atomic E-state index is 11.8. The van der Waals surface area contributed by atoms with Gasteiger partial charge in [0.15, 0.2) is 0 Å². The van der Waals surface area contributed by atoms with E-state index in [0.717, 1.165) is 22.2 Å². The molecule has 0 amide bonds. The number of thiophene rings is 1. The van der Waals surface area contributed by atoms with Crippen LogP contribution in [0.3, 0.4) is 0 Å². The summed E-state index contributed by atoms with van der Waals surface area (Å²) in [7, 11) is -2.41. The minimum absolute atomic E-state index is 0.0671. The van der Waals surface area contributed by atoms with Crippen molar-refractivity contribution in [1.29, 1.82) is 0 Å². The SMILES string of the molecule is Cn1nnc(NS(=O)(=O)c2csc(C(=O)O)c2)n1. The second kappa shape index (κ2) is 4.34. The molecule has 0 aliphatic heterocycles. The molecule has 2 N–H and O–H groups in total. The Balaban J connectivity index is 2.27. The molecule has 96 valence electrons. The zero-order valence-corrected chi connectivity index (χ0v) is 10.6. The van der Waals surface area contributed by atoms with Gasteiger partial charge in [-0.2, -0.15) is 4.80 Å². The van der Waals surface area contributed by atoms with E-state index >= 15 is 0 Å². The van der Waals surface area contributed by atoms with Crippen molar-refractivity contribution in [3.8, 4) is 0 Å². The first-order valence-corrected chi connectivity index (χ1v) is 6.83. The molecule has 18 heavy (non-hydrogen) atoms. The first-order valence-electron chi connectivity index (χ1n) is 4.47. The Morgan fingerprint density at radius 3 is 2.78 bits per heavy atom. The summed E-state index contributed by atoms with van der Waals surface area (Å²) in [6.45, 7) is 0. The van der Waals surface area contributed by atoms with Gasteiger partial charge in [-0.05, 0) is 11.3 Å². The fourth-order valence-electron chi connectivity index (χ4n) is 1.08. The number of tetrazole rings is 1. The van der Waals surface area contributed by atoms with E-state index in [-0.39, 0.29) is 15.7 Å². The lowest BCUT2D eigenvalue weighted by molar-refractivity contribution is 0.0702. The molecule has 0 unspecified atom stereocenters. The largest absolute Gasteiger partial charge is 0.477 e. The van der Waals surface area contributed by atoms with E-state index in [4.69, 9.17) is 5.11 Å². The standard InChI is InChI=1S/C7H7N5O4S2/c1-12-9-7(8-11-12)10-18(15,16)4-2-5(6(13)14)17-3-4/h2-3H,1H3,(H,9,10)(H,13,14). The maximum atomic E-state index is 11.8. The minimum atomic E-state index is -3.89. The molecule has 0 aliphatic carbocycles. The molecule has 0 radical (unpaired) electrons. The predicted octanol–water partition coefficient (Wildman–Crippen LogP) is -0.229. The molecule has 2 aromatic rings. The van der Waals surface area contributed by atoms with Gasteiger partial charge in [-0.1, -0.05) is 5.10 Å². The van der Waals surface area contributed by atoms with Crippen LogP contribution in [0.25, 0.3) is 0 Å². The van der Waals surface area contributed by atoms with Crippen LogP contribution >= 0.6 is 11.3 Å². The summed E-state index contributed by atoms with van der Waals surface area (Å²) in [5, 5.41) is 20.5. The number of nitrogens with one attached hydrogen (secondary N) is 1. The highest BCUT2D eigenvalue weighted by Gasteiger charge is 2.20. The monoisotopic (exact) mass is 289 g/mol. The molecule has 9 nitrogen and oxygen atoms in total. The summed E-state index contributed by atoms with van der Waals surface area (Å²) in [6, 6.07) is 1.06. The molecule has 0 fully saturated rings. The number of anilines is 1. The topological polar surface area (TPSA) is 127 Å². The van der Waals surface area contributed by atoms with E-state index in [2.05, 4.69) is 20.1 Å². The molecule has 2 heterocycles. The van der Waals surface area contributed by atoms with E-state index in [1.54, 1.807) is 0 Å². The minimum Gasteiger partial charge on any atom is -0.477 e. The van der Waals surface area contributed by atoms with Crippen molar-refractivity contribution in [2.45, 2.75) is 4.90 Å². The van der Waals surface area contributed by atoms with E-state index in [0.29, 0.717) is 0 Å². The lowest BCUT2D eigenvalue weighted by Gasteiger charge is -2.00. The Morgan fingerprint density at radius 2 is 2.28 bits per heavy atom. The van der Waals surface area contributed by atoms with Crippen molar-refractivity contribution < 1.29 is 18.3 Å². The van der Waals surface area contributed by atoms with Gasteiger partial charge in [-0.3, -0.25) is 0 Å². The lowest BCUT2D eigenvalue weighted by Crippen LogP contribution is -2.13. The van der Waals surface area contributed by atoms with Gasteiger partial charge < -0.3 is 5.11 Å². The summed E-state index contributed by atoms with van der Waals surface area (Å²) in [4.78, 5) is 11.5. The number of hydrogen-bond donors (Lipinski definition) is 2. The van der Waals surface area contributed by atoms with Gasteiger partial charge in [-0.25, -0.2) is 17.9 Å². The van der Waals surface area contributed by atoms with Gasteiger partial charge >= 0.3 is 5.97 Å². The summed E-state index contributed by atoms with van der Waals surface area (Å²) in [5.41, 5.74) is 0. The highest BCUT2D eigenvalue weighted by Crippen LogP contribution is 2.20. The second-order valence-electron chi connectivity index (χ2n) is 3.16. The molecular formula is C7H7N5O4S2. The average Bonchev–Trinajstić information content (AvgIpc) is 2.86. The van der Waals surface area contributed by atoms with Gasteiger partial charge in [0.25, 0.3) is 16.0 Å². The third-order valence-corrected chi connectivity index (χ3v) is 4.21. The Bertz CT molecular complexity index is 688. The van der Waals surface area contributed by atoms with Gasteiger partial charge in [0.1, 0.15) is 4.88 Å². The van der Waals surface area contributed by atoms with Gasteiger partial charge in [0.05, 0.1) is 11.9 Å². The summed E-state index contributed by atoms with van der Waals surface area (Å²) in [5.74, 6) is -1.36. The van der Waals surface area contributed by atoms with Crippen molar-refractivity contribution in [2.75, 3.05) is 4.72 Å². The Kier molecular flexibility index (Phi) is 3.00. The maximum Gasteiger partial charge on any atom is 0.345 e. The Hall–Kier alpha value is -2.01. The third-order valence-electron chi connectivity index (χ3n) is 1.83. The number of hydrogen-bond acceptors (Lipinski definition) is 7. The second-order valence-corrected chi connectivity index (χ2v) is 5.75. The Labute approximate surface area is 105 Å². The number of sulfonamides is 1. The fourth-order valence-corrected chi connectivity index (χ4v) is 3.12. The van der Waals surface area contributed by atoms with Crippen LogP contribution < -0.4 is 4.72 Å². The molecule has 0 saturated heterocycles. The molecule has 0 aliphatic rings. The highest BCUT2D eigenvalue weighted by atomic mass is 32.2. The van der Waals surface area contributed by atoms with Gasteiger partial charge in [0, 0.05) is 5.38 Å². The number of aryl methyl sites for hydroxylation is 1. The number of carboxylic acids is 1. The van der Waals surface area contributed by atoms with Crippen LogP contribution in [0.5, 0.6) is 0 Å². The van der Waals surface area contributed by atoms with Crippen LogP contribution in [0.2, 0.25) is 0 Å². The van der Waals surface area contributed by atoms with Gasteiger partial charge in [0.2, 0.25) is 0 Å². The van der Waals surface area contributed by atoms with Crippen molar-refractivity contribution in [3.63, 3.8) is 0 Å². The molecule has 0 atom stereocenters. The molecule has 0 spiro atoms. The summed E-state index contributed by atoms with van der Waals surface area (Å²) in [6.07, 6.45) is 0. The zero-order chi connectivity index (χ0) is 13.3. The number of nitrogens with zero attached hydrogens (tertiary/aromatic N) is 4. The van der Waals surface area contributed by atoms with Gasteiger partial charge in [-0.15, -0.1) is 16.4 Å². The van der Waals surface area contributed by atoms with E-state index < -0.39 is 16.0 Å². The lowest BCUT2D eigenvalue weighted by atomic mass is 10.5. The fraction of sp³-hybridized carbons (Fsp3) is 0.143. The summed E-state index contributed by atoms with van der Waals surface area (Å²) < 4.78 is 25.8. The highest BCUT2D eigenvalue weighted by molar-refractivity contribution is 7.92. The van der Waals surface area contributed by atoms with Crippen LogP contribution in [0, 0.1) is 0 Å². The van der Waals surface area contributed by atoms with Crippen LogP contribution in [-0.4, -0.2) is 39.7 Å². The van der Waals surface area contributed by atoms with Crippen molar-refractivity contribution >= 4 is 33.3 Å². The third kappa shape index (κ3) is 2.46. The first kappa shape index (κ1) is 12.4. The van der Waals surface area contributed by atoms with Crippen LogP contribution in [0.1, 0.15) is 9.67 Å². The average molecular weight is 289 g/mol. The zero-order valence-electron chi connectivity index (χ0n) is 8.93. The number of aromatic nitrogens is 4. The molecule has 0 bridgehead atoms. The number of carboxylic acid groups (broad SMARTS) is 1. The van der Waals surface area contributed by atoms with E-state index in [1.165, 1.54) is 12.4 Å². The van der Waals surface area contributed by atoms with Crippen molar-refractivity contribution in [1.82, 2.24) is 20.2 Å². The van der Waals surface area contributed by atoms with E-state index in [9.17, 15) is 13.2 Å². The van der Waals surface area contributed by atoms with Crippen molar-refractivity contribution in [3.05, 3.63) is 16.3 Å². The normalized spacial score (nSPS) is 11.4. The molecule has 2 aromatic heterocycles. The smallest absolute Gasteiger partial charge is 0.345 e. The Morgan fingerprint density at radius 1 is 1.56 bits per heavy atom. The number of carbonyl (C=O) groups is 1. The van der Waals surface area contributed by atoms with Crippen LogP contribution in [0.15, 0.2) is 16.3 Å². The molecular weight excluding hydrogens is 282 g/mol. The quantitative estimate of drug-likeness (QED) is 0.795. The van der Waals surface area contributed by atoms with Crippen molar-refractivity contribution in [2.24, 2.45) is 7.05 Å². The predicted molar refractivity (Wildman–Crippen MR) is 60.9 cm³/mol. The number of rotatable bonds is 4. The van der Waals surface area contributed by atoms with Crippen LogP contribution in [0.4, 0.5) is 5.95 Å². The molecule has 2 rings (SSSR count). The molecule has 0 aromatic carbocycles. The molecule has 0 saturated carbocycles. The van der Waals surface area contributed by atoms with Crippen LogP contribution in [-0.2, 0) is 17.1 Å². The number of aromatic carboxylic acids is 1.